The van der Waals surface area contributed by atoms with E-state index in [2.05, 4.69) is 10.6 Å². The quantitative estimate of drug-likeness (QED) is 0.180. The highest BCUT2D eigenvalue weighted by molar-refractivity contribution is 6.36. The molecule has 8 aromatic rings. The van der Waals surface area contributed by atoms with Crippen LogP contribution >= 0.6 is 0 Å². The summed E-state index contributed by atoms with van der Waals surface area (Å²) in [5.41, 5.74) is 1.99. The number of nitrogens with one attached hydrogen (secondary N) is 2. The van der Waals surface area contributed by atoms with E-state index in [1.807, 2.05) is 60.7 Å². The lowest BCUT2D eigenvalue weighted by Crippen LogP contribution is -2.27. The van der Waals surface area contributed by atoms with Gasteiger partial charge in [-0.25, -0.2) is 0 Å². The third-order valence-corrected chi connectivity index (χ3v) is 11.0. The molecule has 0 aliphatic heterocycles. The molecule has 0 unspecified atom stereocenters. The van der Waals surface area contributed by atoms with E-state index in [-0.39, 0.29) is 67.0 Å². The smallest absolute Gasteiger partial charge is 0.256 e. The van der Waals surface area contributed by atoms with Crippen molar-refractivity contribution in [3.8, 4) is 11.1 Å². The van der Waals surface area contributed by atoms with Crippen molar-refractivity contribution in [2.24, 2.45) is 0 Å². The number of hydrogen-bond acceptors (Lipinski definition) is 6. The first-order valence-corrected chi connectivity index (χ1v) is 18.6. The van der Waals surface area contributed by atoms with E-state index in [4.69, 9.17) is 0 Å². The molecular weight excluding hydrogens is 725 g/mol. The molecule has 58 heavy (non-hydrogen) atoms. The molecule has 0 atom stereocenters. The number of ketones is 4. The Bertz CT molecular complexity index is 2970. The van der Waals surface area contributed by atoms with Crippen LogP contribution in [0.5, 0.6) is 0 Å². The van der Waals surface area contributed by atoms with Crippen molar-refractivity contribution < 1.29 is 28.8 Å². The molecule has 274 valence electrons. The van der Waals surface area contributed by atoms with Crippen molar-refractivity contribution in [1.29, 1.82) is 0 Å². The lowest BCUT2D eigenvalue weighted by Gasteiger charge is -2.27. The summed E-state index contributed by atoms with van der Waals surface area (Å²) in [6.45, 7) is 0. The molecule has 2 aliphatic rings. The Balaban J connectivity index is 1.16. The summed E-state index contributed by atoms with van der Waals surface area (Å²) < 4.78 is 0. The first-order chi connectivity index (χ1) is 28.3. The fraction of sp³-hybridized carbons (Fsp3) is 0. The second-order valence-electron chi connectivity index (χ2n) is 14.2. The second-order valence-corrected chi connectivity index (χ2v) is 14.2. The summed E-state index contributed by atoms with van der Waals surface area (Å²) >= 11 is 0. The zero-order valence-electron chi connectivity index (χ0n) is 30.5. The maximum absolute atomic E-state index is 14.6. The van der Waals surface area contributed by atoms with Gasteiger partial charge >= 0.3 is 0 Å². The molecule has 0 saturated carbocycles. The molecule has 0 radical (unpaired) electrons. The summed E-state index contributed by atoms with van der Waals surface area (Å²) in [4.78, 5) is 86.2. The van der Waals surface area contributed by atoms with Gasteiger partial charge in [0, 0.05) is 44.5 Å². The fourth-order valence-electron chi connectivity index (χ4n) is 8.33. The van der Waals surface area contributed by atoms with Crippen molar-refractivity contribution >= 4 is 67.9 Å². The SMILES string of the molecule is O=C1c2ccccc2C(=O)c2c(-c3ccc(NC(=O)c4cccc5ccccc45)c4c3C(=O)c3ccccc3C4=O)ccc(NC(=O)c3cccc4ccccc34)c21. The molecule has 0 fully saturated rings. The predicted molar refractivity (Wildman–Crippen MR) is 222 cm³/mol. The third kappa shape index (κ3) is 5.23. The summed E-state index contributed by atoms with van der Waals surface area (Å²) in [6, 6.07) is 44.8. The molecule has 2 aliphatic carbocycles. The van der Waals surface area contributed by atoms with Gasteiger partial charge in [0.1, 0.15) is 0 Å². The summed E-state index contributed by atoms with van der Waals surface area (Å²) in [7, 11) is 0. The van der Waals surface area contributed by atoms with E-state index in [9.17, 15) is 28.8 Å². The molecule has 0 aromatic heterocycles. The van der Waals surface area contributed by atoms with Crippen molar-refractivity contribution in [2.75, 3.05) is 10.6 Å². The van der Waals surface area contributed by atoms with E-state index >= 15 is 0 Å². The molecular formula is C50H28N2O6. The Kier molecular flexibility index (Phi) is 7.88. The Morgan fingerprint density at radius 1 is 0.310 bits per heavy atom. The largest absolute Gasteiger partial charge is 0.321 e. The van der Waals surface area contributed by atoms with E-state index in [1.54, 1.807) is 97.1 Å². The lowest BCUT2D eigenvalue weighted by molar-refractivity contribution is 0.0977. The minimum absolute atomic E-state index is 0.0201. The Hall–Kier alpha value is -8.10. The van der Waals surface area contributed by atoms with Crippen LogP contribution in [0.2, 0.25) is 0 Å². The number of carbonyl (C=O) groups excluding carboxylic acids is 6. The van der Waals surface area contributed by atoms with E-state index in [0.717, 1.165) is 10.8 Å². The topological polar surface area (TPSA) is 126 Å². The highest BCUT2D eigenvalue weighted by atomic mass is 16.2. The average molecular weight is 753 g/mol. The van der Waals surface area contributed by atoms with Crippen LogP contribution in [0.15, 0.2) is 158 Å². The normalized spacial score (nSPS) is 12.8. The lowest BCUT2D eigenvalue weighted by atomic mass is 9.75. The first-order valence-electron chi connectivity index (χ1n) is 18.6. The van der Waals surface area contributed by atoms with Gasteiger partial charge in [-0.15, -0.1) is 0 Å². The number of benzene rings is 8. The highest BCUT2D eigenvalue weighted by Crippen LogP contribution is 2.44. The number of amides is 2. The van der Waals surface area contributed by atoms with Gasteiger partial charge in [-0.2, -0.15) is 0 Å². The molecule has 8 nitrogen and oxygen atoms in total. The maximum atomic E-state index is 14.6. The van der Waals surface area contributed by atoms with Crippen LogP contribution in [0, 0.1) is 0 Å². The van der Waals surface area contributed by atoms with Crippen molar-refractivity contribution in [3.05, 3.63) is 213 Å². The molecule has 2 N–H and O–H groups in total. The van der Waals surface area contributed by atoms with Crippen LogP contribution < -0.4 is 10.6 Å². The van der Waals surface area contributed by atoms with E-state index < -0.39 is 34.9 Å². The highest BCUT2D eigenvalue weighted by Gasteiger charge is 2.39. The van der Waals surface area contributed by atoms with Gasteiger partial charge in [-0.3, -0.25) is 28.8 Å². The molecule has 0 saturated heterocycles. The Labute approximate surface area is 330 Å². The molecule has 8 heteroatoms. The molecule has 0 bridgehead atoms. The molecule has 10 rings (SSSR count). The molecule has 0 heterocycles. The predicted octanol–water partition coefficient (Wildman–Crippen LogP) is 9.72. The minimum atomic E-state index is -0.487. The monoisotopic (exact) mass is 752 g/mol. The molecule has 0 spiro atoms. The summed E-state index contributed by atoms with van der Waals surface area (Å²) in [6.07, 6.45) is 0. The maximum Gasteiger partial charge on any atom is 0.256 e. The van der Waals surface area contributed by atoms with Crippen LogP contribution in [0.1, 0.15) is 84.4 Å². The van der Waals surface area contributed by atoms with Gasteiger partial charge in [0.05, 0.1) is 22.5 Å². The molecule has 2 amide bonds. The first kappa shape index (κ1) is 34.4. The Morgan fingerprint density at radius 2 is 0.638 bits per heavy atom. The van der Waals surface area contributed by atoms with Crippen LogP contribution in [-0.2, 0) is 0 Å². The van der Waals surface area contributed by atoms with Gasteiger partial charge in [0.2, 0.25) is 0 Å². The van der Waals surface area contributed by atoms with E-state index in [0.29, 0.717) is 21.9 Å². The van der Waals surface area contributed by atoms with Gasteiger partial charge in [-0.1, -0.05) is 133 Å². The number of hydrogen-bond donors (Lipinski definition) is 2. The van der Waals surface area contributed by atoms with Crippen LogP contribution in [0.4, 0.5) is 11.4 Å². The Morgan fingerprint density at radius 3 is 1.03 bits per heavy atom. The minimum Gasteiger partial charge on any atom is -0.321 e. The average Bonchev–Trinajstić information content (AvgIpc) is 3.26. The van der Waals surface area contributed by atoms with Crippen molar-refractivity contribution in [1.82, 2.24) is 0 Å². The summed E-state index contributed by atoms with van der Waals surface area (Å²) in [5.74, 6) is -2.91. The van der Waals surface area contributed by atoms with Crippen molar-refractivity contribution in [3.63, 3.8) is 0 Å². The van der Waals surface area contributed by atoms with Gasteiger partial charge in [0.15, 0.2) is 23.1 Å². The zero-order chi connectivity index (χ0) is 39.7. The third-order valence-electron chi connectivity index (χ3n) is 11.0. The zero-order valence-corrected chi connectivity index (χ0v) is 30.5. The van der Waals surface area contributed by atoms with E-state index in [1.165, 1.54) is 0 Å². The van der Waals surface area contributed by atoms with Crippen LogP contribution in [0.3, 0.4) is 0 Å². The number of fused-ring (bicyclic) bond motifs is 6. The van der Waals surface area contributed by atoms with Gasteiger partial charge < -0.3 is 10.6 Å². The van der Waals surface area contributed by atoms with Gasteiger partial charge in [0.25, 0.3) is 11.8 Å². The summed E-state index contributed by atoms with van der Waals surface area (Å²) in [5, 5.41) is 8.95. The van der Waals surface area contributed by atoms with Crippen molar-refractivity contribution in [2.45, 2.75) is 0 Å². The number of carbonyl (C=O) groups is 6. The molecule has 8 aromatic carbocycles. The standard InChI is InChI=1S/C50H28N2O6/c53-45-33-17-5-7-19-35(33)47(55)43-39(51-49(57)37-21-9-13-27-11-1-3-15-29(27)37)25-23-31(41(43)45)32-24-26-40(44-42(32)46(54)34-18-6-8-20-36(34)48(44)56)52-50(58)38-22-10-14-28-12-2-4-16-30(28)38/h1-26H,(H,51,57)(H,52,58). The second kappa shape index (κ2) is 13.3. The number of rotatable bonds is 5. The number of anilines is 2. The van der Waals surface area contributed by atoms with Crippen LogP contribution in [-0.4, -0.2) is 34.9 Å². The van der Waals surface area contributed by atoms with Crippen LogP contribution in [0.25, 0.3) is 32.7 Å². The fourth-order valence-corrected chi connectivity index (χ4v) is 8.33. The van der Waals surface area contributed by atoms with Gasteiger partial charge in [-0.05, 0) is 56.9 Å².